The molecule has 0 radical (unpaired) electrons. The van der Waals surface area contributed by atoms with Crippen LogP contribution in [0.3, 0.4) is 0 Å². The van der Waals surface area contributed by atoms with Crippen LogP contribution in [-0.4, -0.2) is 35.5 Å². The summed E-state index contributed by atoms with van der Waals surface area (Å²) in [6, 6.07) is 8.28. The molecular formula is C19H15BrFN7O. The first-order chi connectivity index (χ1) is 13.9. The Labute approximate surface area is 172 Å². The smallest absolute Gasteiger partial charge is 0.226 e. The summed E-state index contributed by atoms with van der Waals surface area (Å²) >= 11 is 3.39. The topological polar surface area (TPSA) is 90.0 Å². The molecule has 4 aromatic rings. The van der Waals surface area contributed by atoms with E-state index in [0.29, 0.717) is 34.4 Å². The van der Waals surface area contributed by atoms with Gasteiger partial charge in [0.25, 0.3) is 0 Å². The second-order valence-electron chi connectivity index (χ2n) is 6.94. The summed E-state index contributed by atoms with van der Waals surface area (Å²) in [6.45, 7) is 3.65. The van der Waals surface area contributed by atoms with E-state index in [0.717, 1.165) is 10.0 Å². The van der Waals surface area contributed by atoms with Crippen molar-refractivity contribution < 1.29 is 9.18 Å². The number of nitrogens with one attached hydrogen (secondary N) is 1. The SMILES string of the molecule is Cc1nn(-c2ccc3nnc(C)n3n2)c2c1C(c1cc(Br)ccc1F)CC(=O)N2. The molecule has 146 valence electrons. The van der Waals surface area contributed by atoms with Crippen molar-refractivity contribution >= 4 is 33.3 Å². The fourth-order valence-corrected chi connectivity index (χ4v) is 4.14. The molecule has 1 atom stereocenters. The van der Waals surface area contributed by atoms with Gasteiger partial charge in [0.1, 0.15) is 11.6 Å². The number of rotatable bonds is 2. The van der Waals surface area contributed by atoms with Gasteiger partial charge in [-0.05, 0) is 49.7 Å². The van der Waals surface area contributed by atoms with Crippen LogP contribution in [0.4, 0.5) is 10.2 Å². The molecule has 0 fully saturated rings. The molecule has 1 aliphatic rings. The third-order valence-corrected chi connectivity index (χ3v) is 5.55. The number of fused-ring (bicyclic) bond motifs is 2. The lowest BCUT2D eigenvalue weighted by molar-refractivity contribution is -0.116. The van der Waals surface area contributed by atoms with Gasteiger partial charge in [-0.3, -0.25) is 4.79 Å². The summed E-state index contributed by atoms with van der Waals surface area (Å²) in [6.07, 6.45) is 0.143. The van der Waals surface area contributed by atoms with Crippen LogP contribution in [-0.2, 0) is 4.79 Å². The van der Waals surface area contributed by atoms with Gasteiger partial charge in [0.2, 0.25) is 5.91 Å². The van der Waals surface area contributed by atoms with Crippen LogP contribution in [0.15, 0.2) is 34.8 Å². The van der Waals surface area contributed by atoms with Crippen LogP contribution < -0.4 is 5.32 Å². The lowest BCUT2D eigenvalue weighted by Crippen LogP contribution is -2.25. The second-order valence-corrected chi connectivity index (χ2v) is 7.85. The van der Waals surface area contributed by atoms with Gasteiger partial charge >= 0.3 is 0 Å². The van der Waals surface area contributed by atoms with Crippen molar-refractivity contribution in [2.24, 2.45) is 0 Å². The summed E-state index contributed by atoms with van der Waals surface area (Å²) in [5.41, 5.74) is 2.55. The Balaban J connectivity index is 1.70. The minimum atomic E-state index is -0.439. The Hall–Kier alpha value is -3.14. The summed E-state index contributed by atoms with van der Waals surface area (Å²) in [5, 5.41) is 20.1. The van der Waals surface area contributed by atoms with Gasteiger partial charge in [0.05, 0.1) is 5.69 Å². The normalized spacial score (nSPS) is 16.1. The number of carbonyl (C=O) groups excluding carboxylic acids is 1. The van der Waals surface area contributed by atoms with Crippen molar-refractivity contribution in [1.82, 2.24) is 29.6 Å². The lowest BCUT2D eigenvalue weighted by atomic mass is 9.85. The van der Waals surface area contributed by atoms with Crippen molar-refractivity contribution in [2.75, 3.05) is 5.32 Å². The molecule has 5 rings (SSSR count). The molecule has 1 aliphatic heterocycles. The molecule has 0 aliphatic carbocycles. The predicted octanol–water partition coefficient (Wildman–Crippen LogP) is 3.30. The zero-order valence-corrected chi connectivity index (χ0v) is 17.1. The highest BCUT2D eigenvalue weighted by Gasteiger charge is 2.34. The van der Waals surface area contributed by atoms with E-state index in [1.165, 1.54) is 6.07 Å². The fraction of sp³-hybridized carbons (Fsp3) is 0.211. The van der Waals surface area contributed by atoms with Crippen molar-refractivity contribution in [3.63, 3.8) is 0 Å². The van der Waals surface area contributed by atoms with Crippen LogP contribution >= 0.6 is 15.9 Å². The first kappa shape index (κ1) is 17.9. The van der Waals surface area contributed by atoms with E-state index in [2.05, 4.69) is 41.6 Å². The molecule has 0 spiro atoms. The van der Waals surface area contributed by atoms with Gasteiger partial charge in [-0.1, -0.05) is 15.9 Å². The Morgan fingerprint density at radius 1 is 1.17 bits per heavy atom. The number of amides is 1. The Kier molecular flexibility index (Phi) is 3.98. The molecule has 10 heteroatoms. The summed E-state index contributed by atoms with van der Waals surface area (Å²) < 4.78 is 18.5. The molecule has 1 N–H and O–H groups in total. The molecule has 0 saturated carbocycles. The maximum absolute atomic E-state index is 14.6. The Bertz CT molecular complexity index is 1300. The number of carbonyl (C=O) groups is 1. The van der Waals surface area contributed by atoms with Crippen molar-refractivity contribution in [2.45, 2.75) is 26.2 Å². The van der Waals surface area contributed by atoms with Crippen LogP contribution in [0.2, 0.25) is 0 Å². The number of halogens is 2. The number of benzene rings is 1. The average Bonchev–Trinajstić information content (AvgIpc) is 3.23. The first-order valence-corrected chi connectivity index (χ1v) is 9.75. The lowest BCUT2D eigenvalue weighted by Gasteiger charge is -2.24. The van der Waals surface area contributed by atoms with E-state index < -0.39 is 5.92 Å². The number of hydrogen-bond donors (Lipinski definition) is 1. The number of aromatic nitrogens is 6. The third-order valence-electron chi connectivity index (χ3n) is 5.06. The van der Waals surface area contributed by atoms with Gasteiger partial charge in [-0.2, -0.15) is 14.3 Å². The van der Waals surface area contributed by atoms with Gasteiger partial charge in [-0.25, -0.2) is 4.39 Å². The largest absolute Gasteiger partial charge is 0.310 e. The molecule has 1 unspecified atom stereocenters. The molecule has 1 aromatic carbocycles. The summed E-state index contributed by atoms with van der Waals surface area (Å²) in [5.74, 6) is 0.638. The number of nitrogens with zero attached hydrogens (tertiary/aromatic N) is 6. The van der Waals surface area contributed by atoms with Crippen LogP contribution in [0.5, 0.6) is 0 Å². The van der Waals surface area contributed by atoms with Gasteiger partial charge in [0.15, 0.2) is 17.3 Å². The number of anilines is 1. The molecule has 8 nitrogen and oxygen atoms in total. The molecule has 0 bridgehead atoms. The number of hydrogen-bond acceptors (Lipinski definition) is 5. The van der Waals surface area contributed by atoms with Crippen LogP contribution in [0.25, 0.3) is 11.5 Å². The minimum Gasteiger partial charge on any atom is -0.310 e. The van der Waals surface area contributed by atoms with E-state index >= 15 is 0 Å². The van der Waals surface area contributed by atoms with Crippen molar-refractivity contribution in [1.29, 1.82) is 0 Å². The molecule has 4 heterocycles. The predicted molar refractivity (Wildman–Crippen MR) is 107 cm³/mol. The quantitative estimate of drug-likeness (QED) is 0.500. The van der Waals surface area contributed by atoms with E-state index in [9.17, 15) is 9.18 Å². The van der Waals surface area contributed by atoms with Gasteiger partial charge in [-0.15, -0.1) is 15.3 Å². The van der Waals surface area contributed by atoms with Crippen LogP contribution in [0.1, 0.15) is 35.0 Å². The zero-order chi connectivity index (χ0) is 20.3. The maximum Gasteiger partial charge on any atom is 0.226 e. The van der Waals surface area contributed by atoms with Crippen molar-refractivity contribution in [3.8, 4) is 5.82 Å². The zero-order valence-electron chi connectivity index (χ0n) is 15.5. The number of aryl methyl sites for hydroxylation is 2. The molecule has 0 saturated heterocycles. The maximum atomic E-state index is 14.6. The standard InChI is InChI=1S/C19H15BrFN7O/c1-9-18-13(12-7-11(20)3-4-14(12)21)8-17(29)22-19(18)28(25-9)16-6-5-15-24-23-10(2)27(15)26-16/h3-7,13H,8H2,1-2H3,(H,22,29). The monoisotopic (exact) mass is 455 g/mol. The summed E-state index contributed by atoms with van der Waals surface area (Å²) in [4.78, 5) is 12.5. The van der Waals surface area contributed by atoms with E-state index in [1.54, 1.807) is 40.4 Å². The minimum absolute atomic E-state index is 0.143. The van der Waals surface area contributed by atoms with Crippen LogP contribution in [0, 0.1) is 19.7 Å². The molecule has 3 aromatic heterocycles. The molecular weight excluding hydrogens is 441 g/mol. The highest BCUT2D eigenvalue weighted by atomic mass is 79.9. The second kappa shape index (κ2) is 6.45. The third kappa shape index (κ3) is 2.82. The highest BCUT2D eigenvalue weighted by molar-refractivity contribution is 9.10. The van der Waals surface area contributed by atoms with Crippen molar-refractivity contribution in [3.05, 3.63) is 63.3 Å². The highest BCUT2D eigenvalue weighted by Crippen LogP contribution is 2.41. The van der Waals surface area contributed by atoms with Gasteiger partial charge in [0, 0.05) is 22.4 Å². The first-order valence-electron chi connectivity index (χ1n) is 8.96. The Morgan fingerprint density at radius 2 is 2.00 bits per heavy atom. The van der Waals surface area contributed by atoms with Gasteiger partial charge < -0.3 is 5.32 Å². The fourth-order valence-electron chi connectivity index (χ4n) is 3.76. The summed E-state index contributed by atoms with van der Waals surface area (Å²) in [7, 11) is 0. The Morgan fingerprint density at radius 3 is 2.83 bits per heavy atom. The van der Waals surface area contributed by atoms with E-state index in [4.69, 9.17) is 0 Å². The van der Waals surface area contributed by atoms with E-state index in [1.807, 2.05) is 6.92 Å². The molecule has 29 heavy (non-hydrogen) atoms. The average molecular weight is 456 g/mol. The van der Waals surface area contributed by atoms with E-state index in [-0.39, 0.29) is 18.1 Å². The molecule has 1 amide bonds.